The molecule has 1 fully saturated rings. The summed E-state index contributed by atoms with van der Waals surface area (Å²) < 4.78 is 5.48. The molecular weight excluding hydrogens is 246 g/mol. The molecule has 19 heavy (non-hydrogen) atoms. The molecule has 2 N–H and O–H groups in total. The van der Waals surface area contributed by atoms with Crippen LogP contribution in [0, 0.1) is 5.92 Å². The average Bonchev–Trinajstić information content (AvgIpc) is 2.81. The lowest BCUT2D eigenvalue weighted by Crippen LogP contribution is -2.44. The first-order valence-corrected chi connectivity index (χ1v) is 7.12. The maximum absolute atomic E-state index is 12.0. The first-order chi connectivity index (χ1) is 8.98. The second-order valence-electron chi connectivity index (χ2n) is 5.43. The summed E-state index contributed by atoms with van der Waals surface area (Å²) in [6.07, 6.45) is 4.35. The van der Waals surface area contributed by atoms with E-state index in [-0.39, 0.29) is 12.3 Å². The van der Waals surface area contributed by atoms with Gasteiger partial charge in [0, 0.05) is 19.6 Å². The monoisotopic (exact) mass is 271 g/mol. The molecule has 110 valence electrons. The molecule has 1 amide bonds. The third-order valence-electron chi connectivity index (χ3n) is 3.88. The molecule has 2 atom stereocenters. The third kappa shape index (κ3) is 5.19. The Balaban J connectivity index is 2.24. The van der Waals surface area contributed by atoms with E-state index >= 15 is 0 Å². The van der Waals surface area contributed by atoms with Crippen molar-refractivity contribution < 1.29 is 19.4 Å². The predicted octanol–water partition coefficient (Wildman–Crippen LogP) is 1.95. The Hall–Kier alpha value is -1.10. The SMILES string of the molecule is CCC(CCNC(=O)C1(C)CCCO1)CCC(=O)O. The van der Waals surface area contributed by atoms with E-state index in [1.54, 1.807) is 0 Å². The number of amides is 1. The Kier molecular flexibility index (Phi) is 6.28. The van der Waals surface area contributed by atoms with Crippen LogP contribution in [-0.4, -0.2) is 35.7 Å². The van der Waals surface area contributed by atoms with Crippen LogP contribution in [0.4, 0.5) is 0 Å². The van der Waals surface area contributed by atoms with Crippen molar-refractivity contribution in [2.45, 2.75) is 58.0 Å². The van der Waals surface area contributed by atoms with Gasteiger partial charge < -0.3 is 15.2 Å². The molecule has 1 heterocycles. The van der Waals surface area contributed by atoms with Crippen molar-refractivity contribution in [2.75, 3.05) is 13.2 Å². The van der Waals surface area contributed by atoms with Gasteiger partial charge in [-0.2, -0.15) is 0 Å². The Morgan fingerprint density at radius 1 is 1.42 bits per heavy atom. The second-order valence-corrected chi connectivity index (χ2v) is 5.43. The number of carbonyl (C=O) groups excluding carboxylic acids is 1. The zero-order chi connectivity index (χ0) is 14.3. The topological polar surface area (TPSA) is 75.6 Å². The van der Waals surface area contributed by atoms with E-state index in [0.29, 0.717) is 25.5 Å². The summed E-state index contributed by atoms with van der Waals surface area (Å²) in [5, 5.41) is 11.6. The van der Waals surface area contributed by atoms with Crippen molar-refractivity contribution in [3.8, 4) is 0 Å². The number of ether oxygens (including phenoxy) is 1. The smallest absolute Gasteiger partial charge is 0.303 e. The van der Waals surface area contributed by atoms with E-state index in [1.165, 1.54) is 0 Å². The van der Waals surface area contributed by atoms with Gasteiger partial charge in [0.25, 0.3) is 5.91 Å². The minimum absolute atomic E-state index is 0.0434. The highest BCUT2D eigenvalue weighted by atomic mass is 16.5. The van der Waals surface area contributed by atoms with Crippen LogP contribution in [0.25, 0.3) is 0 Å². The fourth-order valence-electron chi connectivity index (χ4n) is 2.42. The highest BCUT2D eigenvalue weighted by Crippen LogP contribution is 2.25. The Morgan fingerprint density at radius 2 is 2.16 bits per heavy atom. The van der Waals surface area contributed by atoms with Crippen LogP contribution in [0.3, 0.4) is 0 Å². The standard InChI is InChI=1S/C14H25NO4/c1-3-11(5-6-12(16)17)7-9-15-13(18)14(2)8-4-10-19-14/h11H,3-10H2,1-2H3,(H,15,18)(H,16,17). The van der Waals surface area contributed by atoms with E-state index in [1.807, 2.05) is 6.92 Å². The molecular formula is C14H25NO4. The summed E-state index contributed by atoms with van der Waals surface area (Å²) in [5.74, 6) is -0.443. The first-order valence-electron chi connectivity index (χ1n) is 7.12. The molecule has 2 unspecified atom stereocenters. The summed E-state index contributed by atoms with van der Waals surface area (Å²) in [4.78, 5) is 22.5. The summed E-state index contributed by atoms with van der Waals surface area (Å²) in [5.41, 5.74) is -0.664. The lowest BCUT2D eigenvalue weighted by Gasteiger charge is -2.22. The van der Waals surface area contributed by atoms with Crippen LogP contribution in [0.2, 0.25) is 0 Å². The summed E-state index contributed by atoms with van der Waals surface area (Å²) in [6, 6.07) is 0. The maximum atomic E-state index is 12.0. The quantitative estimate of drug-likeness (QED) is 0.707. The Bertz CT molecular complexity index is 311. The van der Waals surface area contributed by atoms with Crippen molar-refractivity contribution in [3.63, 3.8) is 0 Å². The summed E-state index contributed by atoms with van der Waals surface area (Å²) in [6.45, 7) is 5.13. The molecule has 0 aromatic heterocycles. The molecule has 0 aromatic carbocycles. The van der Waals surface area contributed by atoms with Crippen LogP contribution < -0.4 is 5.32 Å². The Morgan fingerprint density at radius 3 is 2.68 bits per heavy atom. The van der Waals surface area contributed by atoms with Gasteiger partial charge in [-0.25, -0.2) is 0 Å². The molecule has 0 spiro atoms. The fourth-order valence-corrected chi connectivity index (χ4v) is 2.42. The largest absolute Gasteiger partial charge is 0.481 e. The van der Waals surface area contributed by atoms with Gasteiger partial charge in [-0.15, -0.1) is 0 Å². The molecule has 0 radical (unpaired) electrons. The van der Waals surface area contributed by atoms with Gasteiger partial charge in [-0.05, 0) is 38.5 Å². The molecule has 0 aliphatic carbocycles. The predicted molar refractivity (Wildman–Crippen MR) is 71.9 cm³/mol. The van der Waals surface area contributed by atoms with Crippen LogP contribution in [0.1, 0.15) is 52.4 Å². The zero-order valence-electron chi connectivity index (χ0n) is 11.9. The van der Waals surface area contributed by atoms with Gasteiger partial charge in [0.05, 0.1) is 0 Å². The molecule has 5 nitrogen and oxygen atoms in total. The summed E-state index contributed by atoms with van der Waals surface area (Å²) in [7, 11) is 0. The number of nitrogens with one attached hydrogen (secondary N) is 1. The van der Waals surface area contributed by atoms with Gasteiger partial charge in [0.1, 0.15) is 5.60 Å². The van der Waals surface area contributed by atoms with Gasteiger partial charge in [0.2, 0.25) is 0 Å². The average molecular weight is 271 g/mol. The number of carbonyl (C=O) groups is 2. The fraction of sp³-hybridized carbons (Fsp3) is 0.857. The lowest BCUT2D eigenvalue weighted by molar-refractivity contribution is -0.139. The molecule has 0 bridgehead atoms. The molecule has 0 saturated carbocycles. The molecule has 1 aliphatic rings. The van der Waals surface area contributed by atoms with Crippen LogP contribution in [0.5, 0.6) is 0 Å². The molecule has 5 heteroatoms. The van der Waals surface area contributed by atoms with E-state index in [2.05, 4.69) is 12.2 Å². The van der Waals surface area contributed by atoms with Crippen molar-refractivity contribution in [3.05, 3.63) is 0 Å². The van der Waals surface area contributed by atoms with E-state index in [9.17, 15) is 9.59 Å². The molecule has 1 rings (SSSR count). The Labute approximate surface area is 114 Å². The summed E-state index contributed by atoms with van der Waals surface area (Å²) >= 11 is 0. The molecule has 1 saturated heterocycles. The maximum Gasteiger partial charge on any atom is 0.303 e. The molecule has 0 aromatic rings. The van der Waals surface area contributed by atoms with E-state index in [0.717, 1.165) is 25.7 Å². The van der Waals surface area contributed by atoms with Crippen molar-refractivity contribution >= 4 is 11.9 Å². The van der Waals surface area contributed by atoms with E-state index < -0.39 is 11.6 Å². The first kappa shape index (κ1) is 16.0. The highest BCUT2D eigenvalue weighted by molar-refractivity contribution is 5.84. The number of carboxylic acid groups (broad SMARTS) is 1. The van der Waals surface area contributed by atoms with Crippen molar-refractivity contribution in [1.82, 2.24) is 5.32 Å². The van der Waals surface area contributed by atoms with Gasteiger partial charge in [-0.1, -0.05) is 13.3 Å². The number of hydrogen-bond acceptors (Lipinski definition) is 3. The number of carboxylic acids is 1. The number of aliphatic carboxylic acids is 1. The van der Waals surface area contributed by atoms with Crippen molar-refractivity contribution in [1.29, 1.82) is 0 Å². The van der Waals surface area contributed by atoms with Crippen LogP contribution in [0.15, 0.2) is 0 Å². The second kappa shape index (κ2) is 7.48. The normalized spacial score (nSPS) is 24.1. The minimum atomic E-state index is -0.755. The highest BCUT2D eigenvalue weighted by Gasteiger charge is 2.37. The van der Waals surface area contributed by atoms with Gasteiger partial charge in [-0.3, -0.25) is 9.59 Å². The zero-order valence-corrected chi connectivity index (χ0v) is 11.9. The minimum Gasteiger partial charge on any atom is -0.481 e. The number of rotatable bonds is 8. The van der Waals surface area contributed by atoms with E-state index in [4.69, 9.17) is 9.84 Å². The number of hydrogen-bond donors (Lipinski definition) is 2. The third-order valence-corrected chi connectivity index (χ3v) is 3.88. The van der Waals surface area contributed by atoms with Gasteiger partial charge in [0.15, 0.2) is 0 Å². The van der Waals surface area contributed by atoms with Crippen LogP contribution in [-0.2, 0) is 14.3 Å². The molecule has 1 aliphatic heterocycles. The lowest BCUT2D eigenvalue weighted by atomic mass is 9.96. The van der Waals surface area contributed by atoms with Gasteiger partial charge >= 0.3 is 5.97 Å². The van der Waals surface area contributed by atoms with Crippen LogP contribution >= 0.6 is 0 Å². The van der Waals surface area contributed by atoms with Crippen molar-refractivity contribution in [2.24, 2.45) is 5.92 Å².